The van der Waals surface area contributed by atoms with Crippen molar-refractivity contribution < 1.29 is 0 Å². The number of rotatable bonds is 7. The van der Waals surface area contributed by atoms with E-state index in [1.165, 1.54) is 19.3 Å². The predicted octanol–water partition coefficient (Wildman–Crippen LogP) is 2.26. The van der Waals surface area contributed by atoms with Gasteiger partial charge < -0.3 is 11.1 Å². The van der Waals surface area contributed by atoms with E-state index in [0.29, 0.717) is 6.54 Å². The number of hydrogen-bond acceptors (Lipinski definition) is 3. The molecule has 4 nitrogen and oxygen atoms in total. The highest BCUT2D eigenvalue weighted by Gasteiger charge is 2.21. The second-order valence-corrected chi connectivity index (χ2v) is 5.53. The van der Waals surface area contributed by atoms with Crippen molar-refractivity contribution >= 4 is 0 Å². The molecule has 0 bridgehead atoms. The summed E-state index contributed by atoms with van der Waals surface area (Å²) in [5.74, 6) is 0.952. The van der Waals surface area contributed by atoms with Gasteiger partial charge in [-0.1, -0.05) is 31.0 Å². The van der Waals surface area contributed by atoms with Crippen molar-refractivity contribution in [2.24, 2.45) is 11.7 Å². The summed E-state index contributed by atoms with van der Waals surface area (Å²) >= 11 is 0. The van der Waals surface area contributed by atoms with Gasteiger partial charge in [0.15, 0.2) is 0 Å². The van der Waals surface area contributed by atoms with E-state index in [-0.39, 0.29) is 6.04 Å². The number of benzene rings is 1. The third-order valence-corrected chi connectivity index (χ3v) is 3.90. The lowest BCUT2D eigenvalue weighted by Gasteiger charge is -2.14. The van der Waals surface area contributed by atoms with Crippen molar-refractivity contribution in [3.63, 3.8) is 0 Å². The molecule has 0 radical (unpaired) electrons. The SMILES string of the molecule is NCC(NCCC1CC1)c1cnn(-c2ccccc2)c1. The Bertz CT molecular complexity index is 530. The summed E-state index contributed by atoms with van der Waals surface area (Å²) in [5.41, 5.74) is 8.12. The van der Waals surface area contributed by atoms with E-state index < -0.39 is 0 Å². The molecule has 1 saturated carbocycles. The maximum absolute atomic E-state index is 5.89. The lowest BCUT2D eigenvalue weighted by atomic mass is 10.1. The fourth-order valence-corrected chi connectivity index (χ4v) is 2.44. The zero-order valence-electron chi connectivity index (χ0n) is 11.7. The first-order chi connectivity index (χ1) is 9.86. The van der Waals surface area contributed by atoms with Gasteiger partial charge in [0.25, 0.3) is 0 Å². The molecule has 1 atom stereocenters. The van der Waals surface area contributed by atoms with E-state index in [1.54, 1.807) is 0 Å². The summed E-state index contributed by atoms with van der Waals surface area (Å²) in [6, 6.07) is 10.3. The Kier molecular flexibility index (Phi) is 4.14. The molecule has 1 aliphatic carbocycles. The van der Waals surface area contributed by atoms with E-state index in [0.717, 1.165) is 23.7 Å². The highest BCUT2D eigenvalue weighted by atomic mass is 15.3. The molecular formula is C16H22N4. The smallest absolute Gasteiger partial charge is 0.0645 e. The molecule has 2 aromatic rings. The molecule has 3 rings (SSSR count). The summed E-state index contributed by atoms with van der Waals surface area (Å²) in [7, 11) is 0. The van der Waals surface area contributed by atoms with Crippen LogP contribution in [-0.2, 0) is 0 Å². The van der Waals surface area contributed by atoms with Crippen LogP contribution in [0.5, 0.6) is 0 Å². The maximum atomic E-state index is 5.89. The first-order valence-corrected chi connectivity index (χ1v) is 7.40. The minimum absolute atomic E-state index is 0.200. The number of nitrogens with two attached hydrogens (primary N) is 1. The van der Waals surface area contributed by atoms with Gasteiger partial charge in [-0.05, 0) is 31.0 Å². The fraction of sp³-hybridized carbons (Fsp3) is 0.438. The van der Waals surface area contributed by atoms with Crippen molar-refractivity contribution in [1.29, 1.82) is 0 Å². The molecule has 0 saturated heterocycles. The largest absolute Gasteiger partial charge is 0.329 e. The number of hydrogen-bond donors (Lipinski definition) is 2. The molecule has 1 fully saturated rings. The molecule has 1 aromatic carbocycles. The second kappa shape index (κ2) is 6.20. The van der Waals surface area contributed by atoms with Crippen LogP contribution in [-0.4, -0.2) is 22.9 Å². The van der Waals surface area contributed by atoms with Crippen LogP contribution < -0.4 is 11.1 Å². The van der Waals surface area contributed by atoms with E-state index in [1.807, 2.05) is 29.1 Å². The summed E-state index contributed by atoms with van der Waals surface area (Å²) < 4.78 is 1.90. The Labute approximate surface area is 120 Å². The van der Waals surface area contributed by atoms with Crippen LogP contribution in [0, 0.1) is 5.92 Å². The molecule has 20 heavy (non-hydrogen) atoms. The second-order valence-electron chi connectivity index (χ2n) is 5.53. The molecule has 106 valence electrons. The third-order valence-electron chi connectivity index (χ3n) is 3.90. The van der Waals surface area contributed by atoms with E-state index in [9.17, 15) is 0 Å². The summed E-state index contributed by atoms with van der Waals surface area (Å²) in [4.78, 5) is 0. The number of nitrogens with zero attached hydrogens (tertiary/aromatic N) is 2. The average molecular weight is 270 g/mol. The van der Waals surface area contributed by atoms with E-state index >= 15 is 0 Å². The Morgan fingerprint density at radius 2 is 2.10 bits per heavy atom. The molecule has 0 amide bonds. The topological polar surface area (TPSA) is 55.9 Å². The van der Waals surface area contributed by atoms with Gasteiger partial charge in [-0.15, -0.1) is 0 Å². The fourth-order valence-electron chi connectivity index (χ4n) is 2.44. The van der Waals surface area contributed by atoms with Gasteiger partial charge in [-0.2, -0.15) is 5.10 Å². The highest BCUT2D eigenvalue weighted by Crippen LogP contribution is 2.31. The Hall–Kier alpha value is -1.65. The third kappa shape index (κ3) is 3.26. The van der Waals surface area contributed by atoms with Gasteiger partial charge in [0.1, 0.15) is 0 Å². The van der Waals surface area contributed by atoms with Gasteiger partial charge >= 0.3 is 0 Å². The molecule has 4 heteroatoms. The summed E-state index contributed by atoms with van der Waals surface area (Å²) in [6.07, 6.45) is 8.05. The summed E-state index contributed by atoms with van der Waals surface area (Å²) in [6.45, 7) is 1.65. The van der Waals surface area contributed by atoms with Crippen molar-refractivity contribution in [3.05, 3.63) is 48.3 Å². The average Bonchev–Trinajstić information content (AvgIpc) is 3.19. The monoisotopic (exact) mass is 270 g/mol. The number of aromatic nitrogens is 2. The minimum atomic E-state index is 0.200. The first kappa shape index (κ1) is 13.3. The van der Waals surface area contributed by atoms with Crippen molar-refractivity contribution in [2.45, 2.75) is 25.3 Å². The van der Waals surface area contributed by atoms with Gasteiger partial charge in [0.05, 0.1) is 11.9 Å². The van der Waals surface area contributed by atoms with Crippen molar-refractivity contribution in [2.75, 3.05) is 13.1 Å². The van der Waals surface area contributed by atoms with Gasteiger partial charge in [0.2, 0.25) is 0 Å². The number of para-hydroxylation sites is 1. The Balaban J connectivity index is 1.64. The van der Waals surface area contributed by atoms with Crippen LogP contribution >= 0.6 is 0 Å². The zero-order valence-corrected chi connectivity index (χ0v) is 11.7. The molecule has 1 aromatic heterocycles. The molecule has 0 spiro atoms. The van der Waals surface area contributed by atoms with Crippen LogP contribution in [0.25, 0.3) is 5.69 Å². The Morgan fingerprint density at radius 1 is 1.30 bits per heavy atom. The van der Waals surface area contributed by atoms with Crippen molar-refractivity contribution in [1.82, 2.24) is 15.1 Å². The standard InChI is InChI=1S/C16H22N4/c17-10-16(18-9-8-13-6-7-13)14-11-19-20(12-14)15-4-2-1-3-5-15/h1-5,11-13,16,18H,6-10,17H2. The molecule has 0 aliphatic heterocycles. The van der Waals surface area contributed by atoms with Crippen LogP contribution in [0.3, 0.4) is 0 Å². The molecule has 3 N–H and O–H groups in total. The van der Waals surface area contributed by atoms with Crippen LogP contribution in [0.4, 0.5) is 0 Å². The van der Waals surface area contributed by atoms with E-state index in [4.69, 9.17) is 5.73 Å². The lowest BCUT2D eigenvalue weighted by molar-refractivity contribution is 0.516. The van der Waals surface area contributed by atoms with Crippen LogP contribution in [0.1, 0.15) is 30.9 Å². The first-order valence-electron chi connectivity index (χ1n) is 7.40. The lowest BCUT2D eigenvalue weighted by Crippen LogP contribution is -2.29. The zero-order chi connectivity index (χ0) is 13.8. The van der Waals surface area contributed by atoms with Gasteiger partial charge in [-0.3, -0.25) is 0 Å². The summed E-state index contributed by atoms with van der Waals surface area (Å²) in [5, 5.41) is 7.98. The quantitative estimate of drug-likeness (QED) is 0.811. The van der Waals surface area contributed by atoms with E-state index in [2.05, 4.69) is 28.7 Å². The van der Waals surface area contributed by atoms with Gasteiger partial charge in [-0.25, -0.2) is 4.68 Å². The normalized spacial score (nSPS) is 16.2. The highest BCUT2D eigenvalue weighted by molar-refractivity contribution is 5.31. The molecular weight excluding hydrogens is 248 g/mol. The minimum Gasteiger partial charge on any atom is -0.329 e. The molecule has 1 aliphatic rings. The Morgan fingerprint density at radius 3 is 2.80 bits per heavy atom. The van der Waals surface area contributed by atoms with Crippen LogP contribution in [0.15, 0.2) is 42.7 Å². The van der Waals surface area contributed by atoms with Gasteiger partial charge in [0, 0.05) is 24.3 Å². The number of nitrogens with one attached hydrogen (secondary N) is 1. The predicted molar refractivity (Wildman–Crippen MR) is 80.7 cm³/mol. The maximum Gasteiger partial charge on any atom is 0.0645 e. The molecule has 1 heterocycles. The van der Waals surface area contributed by atoms with Crippen LogP contribution in [0.2, 0.25) is 0 Å². The molecule has 1 unspecified atom stereocenters. The van der Waals surface area contributed by atoms with Crippen molar-refractivity contribution in [3.8, 4) is 5.69 Å².